The number of hydrogen-bond donors (Lipinski definition) is 2. The molecular formula is C18H18N2O5. The summed E-state index contributed by atoms with van der Waals surface area (Å²) in [4.78, 5) is 33.9. The van der Waals surface area contributed by atoms with Crippen molar-refractivity contribution in [1.29, 1.82) is 0 Å². The fourth-order valence-electron chi connectivity index (χ4n) is 2.41. The molecule has 2 rings (SSSR count). The SMILES string of the molecule is Cc1ccc(C(=O)NC(CC(=O)O)c2cccc([N+](=O)[O-])c2)cc1C. The first-order chi connectivity index (χ1) is 11.8. The van der Waals surface area contributed by atoms with Crippen molar-refractivity contribution >= 4 is 17.6 Å². The van der Waals surface area contributed by atoms with Crippen LogP contribution in [0.4, 0.5) is 5.69 Å². The van der Waals surface area contributed by atoms with Crippen molar-refractivity contribution < 1.29 is 19.6 Å². The van der Waals surface area contributed by atoms with Crippen LogP contribution in [-0.4, -0.2) is 21.9 Å². The second-order valence-electron chi connectivity index (χ2n) is 5.78. The van der Waals surface area contributed by atoms with E-state index >= 15 is 0 Å². The molecule has 2 aromatic carbocycles. The summed E-state index contributed by atoms with van der Waals surface area (Å²) >= 11 is 0. The highest BCUT2D eigenvalue weighted by atomic mass is 16.6. The summed E-state index contributed by atoms with van der Waals surface area (Å²) in [5.74, 6) is -1.54. The van der Waals surface area contributed by atoms with Crippen LogP contribution in [0.25, 0.3) is 0 Å². The molecule has 7 nitrogen and oxygen atoms in total. The van der Waals surface area contributed by atoms with Crippen LogP contribution in [0.5, 0.6) is 0 Å². The molecular weight excluding hydrogens is 324 g/mol. The Labute approximate surface area is 144 Å². The summed E-state index contributed by atoms with van der Waals surface area (Å²) in [6, 6.07) is 9.92. The van der Waals surface area contributed by atoms with E-state index in [0.29, 0.717) is 11.1 Å². The van der Waals surface area contributed by atoms with Gasteiger partial charge in [-0.05, 0) is 42.7 Å². The molecule has 0 aromatic heterocycles. The Balaban J connectivity index is 2.29. The number of nitrogens with one attached hydrogen (secondary N) is 1. The van der Waals surface area contributed by atoms with E-state index in [-0.39, 0.29) is 12.1 Å². The fraction of sp³-hybridized carbons (Fsp3) is 0.222. The second kappa shape index (κ2) is 7.57. The minimum atomic E-state index is -1.11. The lowest BCUT2D eigenvalue weighted by Gasteiger charge is -2.18. The number of rotatable bonds is 6. The lowest BCUT2D eigenvalue weighted by molar-refractivity contribution is -0.384. The third kappa shape index (κ3) is 4.63. The Morgan fingerprint density at radius 2 is 1.88 bits per heavy atom. The van der Waals surface area contributed by atoms with Gasteiger partial charge >= 0.3 is 5.97 Å². The molecule has 0 aliphatic rings. The van der Waals surface area contributed by atoms with Crippen molar-refractivity contribution in [3.05, 3.63) is 74.8 Å². The number of aryl methyl sites for hydroxylation is 2. The van der Waals surface area contributed by atoms with Gasteiger partial charge in [0.2, 0.25) is 0 Å². The largest absolute Gasteiger partial charge is 0.481 e. The molecule has 7 heteroatoms. The molecule has 25 heavy (non-hydrogen) atoms. The lowest BCUT2D eigenvalue weighted by atomic mass is 10.0. The van der Waals surface area contributed by atoms with E-state index in [0.717, 1.165) is 11.1 Å². The third-order valence-electron chi connectivity index (χ3n) is 3.94. The van der Waals surface area contributed by atoms with E-state index in [1.807, 2.05) is 19.9 Å². The summed E-state index contributed by atoms with van der Waals surface area (Å²) < 4.78 is 0. The molecule has 0 saturated heterocycles. The van der Waals surface area contributed by atoms with Crippen LogP contribution in [-0.2, 0) is 4.79 Å². The molecule has 0 aliphatic heterocycles. The number of carboxylic acids is 1. The average molecular weight is 342 g/mol. The maximum absolute atomic E-state index is 12.5. The van der Waals surface area contributed by atoms with E-state index in [2.05, 4.69) is 5.32 Å². The maximum atomic E-state index is 12.5. The van der Waals surface area contributed by atoms with Crippen molar-refractivity contribution in [2.75, 3.05) is 0 Å². The monoisotopic (exact) mass is 342 g/mol. The Morgan fingerprint density at radius 3 is 2.48 bits per heavy atom. The number of nitro groups is 1. The van der Waals surface area contributed by atoms with Gasteiger partial charge in [-0.25, -0.2) is 0 Å². The first-order valence-electron chi connectivity index (χ1n) is 7.62. The molecule has 1 unspecified atom stereocenters. The van der Waals surface area contributed by atoms with E-state index in [1.165, 1.54) is 18.2 Å². The highest BCUT2D eigenvalue weighted by molar-refractivity contribution is 5.95. The molecule has 130 valence electrons. The first-order valence-corrected chi connectivity index (χ1v) is 7.62. The Kier molecular flexibility index (Phi) is 5.49. The fourth-order valence-corrected chi connectivity index (χ4v) is 2.41. The van der Waals surface area contributed by atoms with Gasteiger partial charge < -0.3 is 10.4 Å². The van der Waals surface area contributed by atoms with Crippen LogP contribution in [0, 0.1) is 24.0 Å². The highest BCUT2D eigenvalue weighted by Gasteiger charge is 2.21. The number of nitrogens with zero attached hydrogens (tertiary/aromatic N) is 1. The van der Waals surface area contributed by atoms with Crippen LogP contribution >= 0.6 is 0 Å². The number of nitro benzene ring substituents is 1. The maximum Gasteiger partial charge on any atom is 0.305 e. The van der Waals surface area contributed by atoms with E-state index in [4.69, 9.17) is 5.11 Å². The minimum Gasteiger partial charge on any atom is -0.481 e. The molecule has 1 amide bonds. The molecule has 0 spiro atoms. The molecule has 1 atom stereocenters. The third-order valence-corrected chi connectivity index (χ3v) is 3.94. The zero-order chi connectivity index (χ0) is 18.6. The van der Waals surface area contributed by atoms with Gasteiger partial charge in [0.15, 0.2) is 0 Å². The Bertz CT molecular complexity index is 832. The van der Waals surface area contributed by atoms with Gasteiger partial charge in [0.05, 0.1) is 17.4 Å². The summed E-state index contributed by atoms with van der Waals surface area (Å²) in [6.45, 7) is 3.80. The van der Waals surface area contributed by atoms with E-state index < -0.39 is 22.8 Å². The minimum absolute atomic E-state index is 0.159. The molecule has 0 bridgehead atoms. The van der Waals surface area contributed by atoms with Crippen LogP contribution in [0.3, 0.4) is 0 Å². The highest BCUT2D eigenvalue weighted by Crippen LogP contribution is 2.22. The number of carboxylic acid groups (broad SMARTS) is 1. The van der Waals surface area contributed by atoms with Crippen molar-refractivity contribution in [3.63, 3.8) is 0 Å². The van der Waals surface area contributed by atoms with Gasteiger partial charge in [0.1, 0.15) is 0 Å². The molecule has 0 saturated carbocycles. The van der Waals surface area contributed by atoms with Gasteiger partial charge in [-0.1, -0.05) is 18.2 Å². The summed E-state index contributed by atoms with van der Waals surface area (Å²) in [5.41, 5.74) is 2.60. The standard InChI is InChI=1S/C18H18N2O5/c1-11-6-7-14(8-12(11)2)18(23)19-16(10-17(21)22)13-4-3-5-15(9-13)20(24)25/h3-9,16H,10H2,1-2H3,(H,19,23)(H,21,22). The number of aliphatic carboxylic acids is 1. The van der Waals surface area contributed by atoms with Crippen molar-refractivity contribution in [2.45, 2.75) is 26.3 Å². The summed E-state index contributed by atoms with van der Waals surface area (Å²) in [7, 11) is 0. The molecule has 0 heterocycles. The van der Waals surface area contributed by atoms with Gasteiger partial charge in [0, 0.05) is 17.7 Å². The summed E-state index contributed by atoms with van der Waals surface area (Å²) in [5, 5.41) is 22.7. The Morgan fingerprint density at radius 1 is 1.16 bits per heavy atom. The van der Waals surface area contributed by atoms with Gasteiger partial charge in [-0.2, -0.15) is 0 Å². The zero-order valence-corrected chi connectivity index (χ0v) is 13.9. The van der Waals surface area contributed by atoms with Crippen molar-refractivity contribution in [2.24, 2.45) is 0 Å². The topological polar surface area (TPSA) is 110 Å². The lowest BCUT2D eigenvalue weighted by Crippen LogP contribution is -2.30. The summed E-state index contributed by atoms with van der Waals surface area (Å²) in [6.07, 6.45) is -0.377. The van der Waals surface area contributed by atoms with Crippen LogP contribution in [0.15, 0.2) is 42.5 Å². The quantitative estimate of drug-likeness (QED) is 0.619. The van der Waals surface area contributed by atoms with E-state index in [9.17, 15) is 19.7 Å². The smallest absolute Gasteiger partial charge is 0.305 e. The van der Waals surface area contributed by atoms with Gasteiger partial charge in [0.25, 0.3) is 11.6 Å². The molecule has 2 N–H and O–H groups in total. The number of hydrogen-bond acceptors (Lipinski definition) is 4. The van der Waals surface area contributed by atoms with Crippen LogP contribution in [0.2, 0.25) is 0 Å². The van der Waals surface area contributed by atoms with E-state index in [1.54, 1.807) is 18.2 Å². The predicted molar refractivity (Wildman–Crippen MR) is 91.5 cm³/mol. The first kappa shape index (κ1) is 18.1. The van der Waals surface area contributed by atoms with Gasteiger partial charge in [-0.15, -0.1) is 0 Å². The number of benzene rings is 2. The number of carbonyl (C=O) groups is 2. The molecule has 0 aliphatic carbocycles. The molecule has 0 radical (unpaired) electrons. The normalized spacial score (nSPS) is 11.6. The van der Waals surface area contributed by atoms with Crippen molar-refractivity contribution in [3.8, 4) is 0 Å². The Hall–Kier alpha value is -3.22. The number of non-ortho nitro benzene ring substituents is 1. The van der Waals surface area contributed by atoms with Crippen LogP contribution < -0.4 is 5.32 Å². The van der Waals surface area contributed by atoms with Crippen molar-refractivity contribution in [1.82, 2.24) is 5.32 Å². The number of amides is 1. The van der Waals surface area contributed by atoms with Gasteiger partial charge in [-0.3, -0.25) is 19.7 Å². The number of carbonyl (C=O) groups excluding carboxylic acids is 1. The predicted octanol–water partition coefficient (Wildman–Crippen LogP) is 3.16. The zero-order valence-electron chi connectivity index (χ0n) is 13.9. The molecule has 0 fully saturated rings. The average Bonchev–Trinajstić information content (AvgIpc) is 2.56. The van der Waals surface area contributed by atoms with Crippen LogP contribution in [0.1, 0.15) is 39.5 Å². The second-order valence-corrected chi connectivity index (χ2v) is 5.78. The molecule has 2 aromatic rings.